The van der Waals surface area contributed by atoms with E-state index in [9.17, 15) is 0 Å². The summed E-state index contributed by atoms with van der Waals surface area (Å²) in [6.07, 6.45) is 9.82. The second-order valence-corrected chi connectivity index (χ2v) is 7.30. The van der Waals surface area contributed by atoms with Gasteiger partial charge in [-0.25, -0.2) is 9.97 Å². The van der Waals surface area contributed by atoms with Crippen molar-refractivity contribution >= 4 is 0 Å². The molecule has 2 fully saturated rings. The molecule has 1 aliphatic heterocycles. The molecule has 0 unspecified atom stereocenters. The standard InChI is InChI=1S/C17H24N6/c1-2-5-13-12(4-1)18-17(19-13)14-6-3-9-23(14)10-15-20-16(22-21-15)11-7-8-11/h11,14H,1-10H2,(H,18,19)(H,20,21,22)/t14-/m0/s1. The molecule has 3 aliphatic rings. The summed E-state index contributed by atoms with van der Waals surface area (Å²) in [6.45, 7) is 1.98. The molecule has 2 aromatic heterocycles. The van der Waals surface area contributed by atoms with Crippen molar-refractivity contribution in [2.75, 3.05) is 6.54 Å². The second kappa shape index (κ2) is 5.44. The van der Waals surface area contributed by atoms with Gasteiger partial charge < -0.3 is 4.98 Å². The van der Waals surface area contributed by atoms with E-state index in [1.807, 2.05) is 0 Å². The number of likely N-dealkylation sites (tertiary alicyclic amines) is 1. The van der Waals surface area contributed by atoms with Gasteiger partial charge in [0.25, 0.3) is 0 Å². The number of rotatable bonds is 4. The number of aromatic amines is 2. The van der Waals surface area contributed by atoms with Gasteiger partial charge in [0.1, 0.15) is 11.6 Å². The van der Waals surface area contributed by atoms with E-state index >= 15 is 0 Å². The lowest BCUT2D eigenvalue weighted by Gasteiger charge is -2.21. The fourth-order valence-corrected chi connectivity index (χ4v) is 4.06. The van der Waals surface area contributed by atoms with Crippen LogP contribution in [-0.4, -0.2) is 36.6 Å². The number of nitrogens with zero attached hydrogens (tertiary/aromatic N) is 4. The lowest BCUT2D eigenvalue weighted by atomic mass is 10.0. The predicted octanol–water partition coefficient (Wildman–Crippen LogP) is 2.62. The molecule has 0 bridgehead atoms. The van der Waals surface area contributed by atoms with Crippen LogP contribution in [0.1, 0.15) is 79.3 Å². The molecule has 5 rings (SSSR count). The molecular weight excluding hydrogens is 288 g/mol. The van der Waals surface area contributed by atoms with Crippen LogP contribution in [0.4, 0.5) is 0 Å². The van der Waals surface area contributed by atoms with Crippen molar-refractivity contribution in [3.63, 3.8) is 0 Å². The van der Waals surface area contributed by atoms with E-state index in [4.69, 9.17) is 9.97 Å². The molecule has 122 valence electrons. The zero-order valence-electron chi connectivity index (χ0n) is 13.5. The molecule has 6 nitrogen and oxygen atoms in total. The van der Waals surface area contributed by atoms with Crippen molar-refractivity contribution in [1.82, 2.24) is 30.0 Å². The first-order valence-corrected chi connectivity index (χ1v) is 9.10. The quantitative estimate of drug-likeness (QED) is 0.910. The number of hydrogen-bond acceptors (Lipinski definition) is 4. The van der Waals surface area contributed by atoms with Crippen LogP contribution < -0.4 is 0 Å². The predicted molar refractivity (Wildman–Crippen MR) is 86.0 cm³/mol. The molecule has 0 aromatic carbocycles. The molecule has 1 saturated carbocycles. The van der Waals surface area contributed by atoms with Crippen molar-refractivity contribution in [2.24, 2.45) is 0 Å². The molecule has 1 atom stereocenters. The number of fused-ring (bicyclic) bond motifs is 1. The van der Waals surface area contributed by atoms with Crippen molar-refractivity contribution in [3.8, 4) is 0 Å². The first-order valence-electron chi connectivity index (χ1n) is 9.10. The summed E-state index contributed by atoms with van der Waals surface area (Å²) >= 11 is 0. The van der Waals surface area contributed by atoms with Crippen LogP contribution in [0.5, 0.6) is 0 Å². The molecule has 6 heteroatoms. The third-order valence-corrected chi connectivity index (χ3v) is 5.50. The Bertz CT molecular complexity index is 674. The SMILES string of the molecule is C1CCc2[nH]c([C@@H]3CCCN3Cc3nc(C4CC4)n[nH]3)nc2C1. The molecule has 2 aliphatic carbocycles. The lowest BCUT2D eigenvalue weighted by Crippen LogP contribution is -2.24. The monoisotopic (exact) mass is 312 g/mol. The molecular formula is C17H24N6. The zero-order chi connectivity index (χ0) is 15.2. The lowest BCUT2D eigenvalue weighted by molar-refractivity contribution is 0.235. The van der Waals surface area contributed by atoms with Crippen molar-refractivity contribution < 1.29 is 0 Å². The van der Waals surface area contributed by atoms with E-state index < -0.39 is 0 Å². The van der Waals surface area contributed by atoms with E-state index in [1.54, 1.807) is 0 Å². The zero-order valence-corrected chi connectivity index (χ0v) is 13.5. The number of aryl methyl sites for hydroxylation is 2. The number of aromatic nitrogens is 5. The maximum Gasteiger partial charge on any atom is 0.153 e. The minimum absolute atomic E-state index is 0.412. The Hall–Kier alpha value is -1.69. The van der Waals surface area contributed by atoms with Crippen LogP contribution in [0.2, 0.25) is 0 Å². The molecule has 2 aromatic rings. The van der Waals surface area contributed by atoms with Gasteiger partial charge in [-0.1, -0.05) is 0 Å². The van der Waals surface area contributed by atoms with Gasteiger partial charge >= 0.3 is 0 Å². The fourth-order valence-electron chi connectivity index (χ4n) is 4.06. The highest BCUT2D eigenvalue weighted by Gasteiger charge is 2.32. The van der Waals surface area contributed by atoms with E-state index in [-0.39, 0.29) is 0 Å². The van der Waals surface area contributed by atoms with E-state index in [1.165, 1.54) is 62.2 Å². The van der Waals surface area contributed by atoms with E-state index in [0.717, 1.165) is 31.2 Å². The van der Waals surface area contributed by atoms with Gasteiger partial charge in [-0.05, 0) is 57.9 Å². The van der Waals surface area contributed by atoms with E-state index in [0.29, 0.717) is 12.0 Å². The van der Waals surface area contributed by atoms with Crippen LogP contribution in [-0.2, 0) is 19.4 Å². The van der Waals surface area contributed by atoms with Gasteiger partial charge in [-0.2, -0.15) is 5.10 Å². The molecule has 3 heterocycles. The summed E-state index contributed by atoms with van der Waals surface area (Å²) in [6, 6.07) is 0.412. The van der Waals surface area contributed by atoms with Crippen molar-refractivity contribution in [3.05, 3.63) is 28.9 Å². The summed E-state index contributed by atoms with van der Waals surface area (Å²) < 4.78 is 0. The Balaban J connectivity index is 1.34. The van der Waals surface area contributed by atoms with Gasteiger partial charge in [0.15, 0.2) is 5.82 Å². The molecule has 0 radical (unpaired) electrons. The molecule has 2 N–H and O–H groups in total. The average molecular weight is 312 g/mol. The van der Waals surface area contributed by atoms with Crippen LogP contribution in [0.3, 0.4) is 0 Å². The topological polar surface area (TPSA) is 73.5 Å². The number of imidazole rings is 1. The number of nitrogens with one attached hydrogen (secondary N) is 2. The number of H-pyrrole nitrogens is 2. The Morgan fingerprint density at radius 1 is 1.04 bits per heavy atom. The largest absolute Gasteiger partial charge is 0.344 e. The summed E-state index contributed by atoms with van der Waals surface area (Å²) in [5.74, 6) is 3.82. The highest BCUT2D eigenvalue weighted by molar-refractivity contribution is 5.19. The Kier molecular flexibility index (Phi) is 3.25. The van der Waals surface area contributed by atoms with Crippen LogP contribution in [0, 0.1) is 0 Å². The van der Waals surface area contributed by atoms with Crippen LogP contribution in [0.25, 0.3) is 0 Å². The summed E-state index contributed by atoms with van der Waals surface area (Å²) in [7, 11) is 0. The minimum Gasteiger partial charge on any atom is -0.344 e. The van der Waals surface area contributed by atoms with Gasteiger partial charge in [-0.3, -0.25) is 10.00 Å². The molecule has 0 amide bonds. The second-order valence-electron chi connectivity index (χ2n) is 7.30. The van der Waals surface area contributed by atoms with Gasteiger partial charge in [0, 0.05) is 11.6 Å². The normalized spacial score (nSPS) is 25.0. The van der Waals surface area contributed by atoms with E-state index in [2.05, 4.69) is 20.1 Å². The van der Waals surface area contributed by atoms with Gasteiger partial charge in [0.05, 0.1) is 18.3 Å². The first kappa shape index (κ1) is 13.7. The third kappa shape index (κ3) is 2.59. The van der Waals surface area contributed by atoms with Gasteiger partial charge in [-0.15, -0.1) is 0 Å². The average Bonchev–Trinajstić information content (AvgIpc) is 3.00. The molecule has 1 saturated heterocycles. The maximum absolute atomic E-state index is 4.92. The Morgan fingerprint density at radius 3 is 2.83 bits per heavy atom. The highest BCUT2D eigenvalue weighted by Crippen LogP contribution is 2.38. The maximum atomic E-state index is 4.92. The molecule has 23 heavy (non-hydrogen) atoms. The Labute approximate surface area is 136 Å². The molecule has 0 spiro atoms. The summed E-state index contributed by atoms with van der Waals surface area (Å²) in [5.41, 5.74) is 2.70. The first-order chi connectivity index (χ1) is 11.4. The summed E-state index contributed by atoms with van der Waals surface area (Å²) in [4.78, 5) is 15.7. The number of hydrogen-bond donors (Lipinski definition) is 2. The van der Waals surface area contributed by atoms with Gasteiger partial charge in [0.2, 0.25) is 0 Å². The third-order valence-electron chi connectivity index (χ3n) is 5.50. The highest BCUT2D eigenvalue weighted by atomic mass is 15.3. The Morgan fingerprint density at radius 2 is 1.96 bits per heavy atom. The van der Waals surface area contributed by atoms with Crippen LogP contribution >= 0.6 is 0 Å². The fraction of sp³-hybridized carbons (Fsp3) is 0.706. The van der Waals surface area contributed by atoms with Crippen molar-refractivity contribution in [1.29, 1.82) is 0 Å². The summed E-state index contributed by atoms with van der Waals surface area (Å²) in [5, 5.41) is 7.53. The smallest absolute Gasteiger partial charge is 0.153 e. The van der Waals surface area contributed by atoms with Crippen LogP contribution in [0.15, 0.2) is 0 Å². The van der Waals surface area contributed by atoms with Crippen molar-refractivity contribution in [2.45, 2.75) is 69.9 Å². The minimum atomic E-state index is 0.412.